The van der Waals surface area contributed by atoms with Gasteiger partial charge in [0.2, 0.25) is 5.91 Å². The zero-order chi connectivity index (χ0) is 23.5. The van der Waals surface area contributed by atoms with Gasteiger partial charge in [0.1, 0.15) is 5.75 Å². The third-order valence-corrected chi connectivity index (χ3v) is 7.56. The normalized spacial score (nSPS) is 14.5. The molecule has 8 nitrogen and oxygen atoms in total. The Hall–Kier alpha value is -2.82. The maximum absolute atomic E-state index is 12.9. The lowest BCUT2D eigenvalue weighted by Crippen LogP contribution is -2.47. The molecule has 10 heteroatoms. The second-order valence-corrected chi connectivity index (χ2v) is 9.89. The Balaban J connectivity index is 1.54. The van der Waals surface area contributed by atoms with Gasteiger partial charge in [-0.25, -0.2) is 9.97 Å². The zero-order valence-electron chi connectivity index (χ0n) is 19.0. The molecule has 0 saturated carbocycles. The molecular formula is C23H27N5O3S2. The van der Waals surface area contributed by atoms with E-state index < -0.39 is 5.91 Å². The van der Waals surface area contributed by atoms with Crippen molar-refractivity contribution >= 4 is 34.5 Å². The van der Waals surface area contributed by atoms with Crippen LogP contribution >= 0.6 is 22.7 Å². The molecule has 1 aliphatic heterocycles. The van der Waals surface area contributed by atoms with E-state index in [2.05, 4.69) is 16.9 Å². The molecule has 2 N–H and O–H groups in total. The van der Waals surface area contributed by atoms with Gasteiger partial charge < -0.3 is 20.3 Å². The van der Waals surface area contributed by atoms with Gasteiger partial charge in [-0.05, 0) is 39.1 Å². The van der Waals surface area contributed by atoms with E-state index in [1.165, 1.54) is 22.7 Å². The van der Waals surface area contributed by atoms with Crippen molar-refractivity contribution in [2.75, 3.05) is 39.8 Å². The van der Waals surface area contributed by atoms with Crippen molar-refractivity contribution in [2.24, 2.45) is 5.73 Å². The van der Waals surface area contributed by atoms with Crippen LogP contribution in [0.3, 0.4) is 0 Å². The van der Waals surface area contributed by atoms with Crippen molar-refractivity contribution in [2.45, 2.75) is 20.3 Å². The number of primary amides is 1. The summed E-state index contributed by atoms with van der Waals surface area (Å²) in [4.78, 5) is 38.9. The number of carbonyl (C=O) groups is 2. The molecule has 0 atom stereocenters. The highest BCUT2D eigenvalue weighted by Crippen LogP contribution is 2.33. The molecule has 0 unspecified atom stereocenters. The van der Waals surface area contributed by atoms with Gasteiger partial charge in [0.25, 0.3) is 5.91 Å². The Morgan fingerprint density at radius 3 is 2.64 bits per heavy atom. The van der Waals surface area contributed by atoms with Crippen molar-refractivity contribution in [1.29, 1.82) is 0 Å². The van der Waals surface area contributed by atoms with E-state index in [0.717, 1.165) is 53.0 Å². The molecule has 0 spiro atoms. The second kappa shape index (κ2) is 9.98. The third-order valence-electron chi connectivity index (χ3n) is 5.54. The SMILES string of the molecule is CCOc1ccc(C(N)=O)cc1Cc1nc(-c2sc(C(=O)N3CCN(C)CC3)nc2C)cs1. The molecule has 2 amide bonds. The summed E-state index contributed by atoms with van der Waals surface area (Å²) in [5.41, 5.74) is 8.37. The van der Waals surface area contributed by atoms with Gasteiger partial charge in [-0.3, -0.25) is 9.59 Å². The van der Waals surface area contributed by atoms with Crippen LogP contribution in [0.5, 0.6) is 5.75 Å². The predicted molar refractivity (Wildman–Crippen MR) is 130 cm³/mol. The molecule has 0 aliphatic carbocycles. The van der Waals surface area contributed by atoms with Gasteiger partial charge in [0, 0.05) is 49.1 Å². The van der Waals surface area contributed by atoms with Crippen LogP contribution in [0.4, 0.5) is 0 Å². The lowest BCUT2D eigenvalue weighted by Gasteiger charge is -2.31. The van der Waals surface area contributed by atoms with Gasteiger partial charge >= 0.3 is 0 Å². The summed E-state index contributed by atoms with van der Waals surface area (Å²) in [5, 5.41) is 3.37. The Bertz CT molecular complexity index is 1160. The molecule has 174 valence electrons. The standard InChI is InChI=1S/C23H27N5O3S2/c1-4-31-18-6-5-15(21(24)29)11-16(18)12-19-26-17(13-32-19)20-14(2)25-22(33-20)23(30)28-9-7-27(3)8-10-28/h5-6,11,13H,4,7-10,12H2,1-3H3,(H2,24,29). The van der Waals surface area contributed by atoms with Crippen LogP contribution in [-0.4, -0.2) is 71.4 Å². The van der Waals surface area contributed by atoms with E-state index in [4.69, 9.17) is 15.5 Å². The van der Waals surface area contributed by atoms with E-state index >= 15 is 0 Å². The highest BCUT2D eigenvalue weighted by molar-refractivity contribution is 7.17. The summed E-state index contributed by atoms with van der Waals surface area (Å²) in [7, 11) is 2.06. The smallest absolute Gasteiger partial charge is 0.282 e. The number of hydrogen-bond acceptors (Lipinski definition) is 8. The number of benzene rings is 1. The topological polar surface area (TPSA) is 102 Å². The van der Waals surface area contributed by atoms with Crippen LogP contribution < -0.4 is 10.5 Å². The first-order valence-electron chi connectivity index (χ1n) is 10.8. The molecule has 4 rings (SSSR count). The summed E-state index contributed by atoms with van der Waals surface area (Å²) in [6, 6.07) is 5.21. The Morgan fingerprint density at radius 2 is 1.94 bits per heavy atom. The molecule has 1 aromatic carbocycles. The quantitative estimate of drug-likeness (QED) is 0.552. The van der Waals surface area contributed by atoms with Crippen molar-refractivity contribution in [3.8, 4) is 16.3 Å². The summed E-state index contributed by atoms with van der Waals surface area (Å²) in [5.74, 6) is 0.229. The third kappa shape index (κ3) is 5.23. The van der Waals surface area contributed by atoms with Gasteiger partial charge in [0.15, 0.2) is 5.01 Å². The fraction of sp³-hybridized carbons (Fsp3) is 0.391. The van der Waals surface area contributed by atoms with Crippen LogP contribution in [0.2, 0.25) is 0 Å². The number of nitrogens with two attached hydrogens (primary N) is 1. The lowest BCUT2D eigenvalue weighted by molar-refractivity contribution is 0.0663. The number of likely N-dealkylation sites (N-methyl/N-ethyl adjacent to an activating group) is 1. The van der Waals surface area contributed by atoms with E-state index in [1.807, 2.05) is 24.1 Å². The zero-order valence-corrected chi connectivity index (χ0v) is 20.6. The number of piperazine rings is 1. The number of aromatic nitrogens is 2. The average Bonchev–Trinajstić information content (AvgIpc) is 3.41. The van der Waals surface area contributed by atoms with Crippen LogP contribution in [0.1, 0.15) is 43.3 Å². The van der Waals surface area contributed by atoms with Crippen molar-refractivity contribution in [3.05, 3.63) is 50.4 Å². The minimum atomic E-state index is -0.475. The summed E-state index contributed by atoms with van der Waals surface area (Å²) in [6.45, 7) is 7.54. The summed E-state index contributed by atoms with van der Waals surface area (Å²) < 4.78 is 5.72. The highest BCUT2D eigenvalue weighted by Gasteiger charge is 2.25. The molecule has 1 saturated heterocycles. The summed E-state index contributed by atoms with van der Waals surface area (Å²) in [6.07, 6.45) is 0.520. The number of thiazole rings is 2. The molecule has 3 aromatic rings. The van der Waals surface area contributed by atoms with E-state index in [0.29, 0.717) is 29.3 Å². The average molecular weight is 486 g/mol. The Labute approximate surface area is 201 Å². The largest absolute Gasteiger partial charge is 0.494 e. The highest BCUT2D eigenvalue weighted by atomic mass is 32.1. The molecular weight excluding hydrogens is 458 g/mol. The van der Waals surface area contributed by atoms with Crippen LogP contribution in [0.15, 0.2) is 23.6 Å². The summed E-state index contributed by atoms with van der Waals surface area (Å²) >= 11 is 2.92. The molecule has 3 heterocycles. The lowest BCUT2D eigenvalue weighted by atomic mass is 10.1. The monoisotopic (exact) mass is 485 g/mol. The molecule has 33 heavy (non-hydrogen) atoms. The molecule has 1 aliphatic rings. The van der Waals surface area contributed by atoms with E-state index in [-0.39, 0.29) is 5.91 Å². The Morgan fingerprint density at radius 1 is 1.18 bits per heavy atom. The van der Waals surface area contributed by atoms with Crippen LogP contribution in [-0.2, 0) is 6.42 Å². The van der Waals surface area contributed by atoms with Crippen LogP contribution in [0, 0.1) is 6.92 Å². The number of amides is 2. The predicted octanol–water partition coefficient (Wildman–Crippen LogP) is 3.05. The first-order chi connectivity index (χ1) is 15.9. The second-order valence-electron chi connectivity index (χ2n) is 7.95. The number of ether oxygens (including phenoxy) is 1. The van der Waals surface area contributed by atoms with Gasteiger partial charge in [0.05, 0.1) is 27.9 Å². The number of carbonyl (C=O) groups excluding carboxylic acids is 2. The number of rotatable bonds is 7. The fourth-order valence-electron chi connectivity index (χ4n) is 3.70. The first-order valence-corrected chi connectivity index (χ1v) is 12.5. The van der Waals surface area contributed by atoms with Gasteiger partial charge in [-0.15, -0.1) is 22.7 Å². The maximum Gasteiger partial charge on any atom is 0.282 e. The number of nitrogens with zero attached hydrogens (tertiary/aromatic N) is 4. The van der Waals surface area contributed by atoms with Crippen molar-refractivity contribution < 1.29 is 14.3 Å². The number of aryl methyl sites for hydroxylation is 1. The minimum Gasteiger partial charge on any atom is -0.494 e. The molecule has 1 fully saturated rings. The van der Waals surface area contributed by atoms with Gasteiger partial charge in [-0.1, -0.05) is 0 Å². The Kier molecular flexibility index (Phi) is 7.06. The number of hydrogen-bond donors (Lipinski definition) is 1. The van der Waals surface area contributed by atoms with Crippen LogP contribution in [0.25, 0.3) is 10.6 Å². The fourth-order valence-corrected chi connectivity index (χ4v) is 5.57. The van der Waals surface area contributed by atoms with E-state index in [1.54, 1.807) is 18.2 Å². The molecule has 0 radical (unpaired) electrons. The molecule has 2 aromatic heterocycles. The molecule has 0 bridgehead atoms. The van der Waals surface area contributed by atoms with Crippen molar-refractivity contribution in [3.63, 3.8) is 0 Å². The maximum atomic E-state index is 12.9. The minimum absolute atomic E-state index is 0.0116. The first kappa shape index (κ1) is 23.3. The van der Waals surface area contributed by atoms with Crippen molar-refractivity contribution in [1.82, 2.24) is 19.8 Å². The van der Waals surface area contributed by atoms with E-state index in [9.17, 15) is 9.59 Å². The van der Waals surface area contributed by atoms with Gasteiger partial charge in [-0.2, -0.15) is 0 Å².